The molecule has 0 spiro atoms. The lowest BCUT2D eigenvalue weighted by Gasteiger charge is -2.00. The van der Waals surface area contributed by atoms with Gasteiger partial charge < -0.3 is 9.47 Å². The van der Waals surface area contributed by atoms with Crippen LogP contribution in [0.15, 0.2) is 0 Å². The second kappa shape index (κ2) is 13.5. The lowest BCUT2D eigenvalue weighted by atomic mass is 10.5. The zero-order chi connectivity index (χ0) is 14.6. The minimum Gasteiger partial charge on any atom is -0.464 e. The van der Waals surface area contributed by atoms with Crippen LogP contribution in [0.4, 0.5) is 0 Å². The summed E-state index contributed by atoms with van der Waals surface area (Å²) in [5.41, 5.74) is 0. The quantitative estimate of drug-likeness (QED) is 0.548. The molecule has 0 aliphatic carbocycles. The van der Waals surface area contributed by atoms with Crippen molar-refractivity contribution in [3.05, 3.63) is 0 Å². The summed E-state index contributed by atoms with van der Waals surface area (Å²) in [7, 11) is 0. The predicted molar refractivity (Wildman–Crippen MR) is 73.5 cm³/mol. The maximum atomic E-state index is 10.4. The normalized spacial score (nSPS) is 9.78. The maximum Gasteiger partial charge on any atom is 0.339 e. The molecule has 0 aromatic carbocycles. The highest BCUT2D eigenvalue weighted by atomic mass is 35.5. The highest BCUT2D eigenvalue weighted by Crippen LogP contribution is 2.04. The Bertz CT molecular complexity index is 210. The number of esters is 2. The van der Waals surface area contributed by atoms with E-state index in [0.717, 1.165) is 12.8 Å². The zero-order valence-electron chi connectivity index (χ0n) is 10.1. The summed E-state index contributed by atoms with van der Waals surface area (Å²) in [4.78, 5) is 18.7. The Morgan fingerprint density at radius 3 is 1.28 bits per heavy atom. The first-order valence-electron chi connectivity index (χ1n) is 5.26. The standard InChI is InChI=1S/2C5H8Cl2O2/c2*1-2-3-9-5(8)4(6)7/h2*4H,2-3H2,1H3. The molecule has 0 saturated heterocycles. The summed E-state index contributed by atoms with van der Waals surface area (Å²) in [6.45, 7) is 4.55. The number of hydrogen-bond acceptors (Lipinski definition) is 4. The maximum absolute atomic E-state index is 10.4. The molecule has 18 heavy (non-hydrogen) atoms. The molecule has 0 N–H and O–H groups in total. The van der Waals surface area contributed by atoms with E-state index in [0.29, 0.717) is 13.2 Å². The lowest BCUT2D eigenvalue weighted by molar-refractivity contribution is -0.142. The molecule has 0 aromatic rings. The van der Waals surface area contributed by atoms with Crippen LogP contribution < -0.4 is 0 Å². The Hall–Kier alpha value is 0.1000. The highest BCUT2D eigenvalue weighted by molar-refractivity contribution is 6.53. The number of alkyl halides is 4. The van der Waals surface area contributed by atoms with Crippen LogP contribution in [-0.4, -0.2) is 34.8 Å². The molecule has 108 valence electrons. The van der Waals surface area contributed by atoms with Gasteiger partial charge in [-0.05, 0) is 12.8 Å². The first kappa shape index (κ1) is 20.4. The number of rotatable bonds is 6. The molecular weight excluding hydrogens is 326 g/mol. The van der Waals surface area contributed by atoms with Crippen molar-refractivity contribution in [1.82, 2.24) is 0 Å². The fraction of sp³-hybridized carbons (Fsp3) is 0.800. The molecular formula is C10H16Cl4O4. The molecule has 0 aromatic heterocycles. The van der Waals surface area contributed by atoms with Gasteiger partial charge in [-0.2, -0.15) is 0 Å². The van der Waals surface area contributed by atoms with Crippen molar-refractivity contribution in [1.29, 1.82) is 0 Å². The van der Waals surface area contributed by atoms with Crippen molar-refractivity contribution < 1.29 is 19.1 Å². The number of halogens is 4. The third kappa shape index (κ3) is 14.2. The molecule has 8 heteroatoms. The SMILES string of the molecule is CCCOC(=O)C(Cl)Cl.CCCOC(=O)C(Cl)Cl. The Kier molecular flexibility index (Phi) is 15.3. The second-order valence-corrected chi connectivity index (χ2v) is 5.13. The Balaban J connectivity index is 0. The molecule has 4 nitrogen and oxygen atoms in total. The van der Waals surface area contributed by atoms with E-state index in [1.807, 2.05) is 13.8 Å². The van der Waals surface area contributed by atoms with Crippen LogP contribution in [0.3, 0.4) is 0 Å². The van der Waals surface area contributed by atoms with Gasteiger partial charge in [-0.15, -0.1) is 0 Å². The van der Waals surface area contributed by atoms with Crippen LogP contribution >= 0.6 is 46.4 Å². The molecule has 0 unspecified atom stereocenters. The molecule has 0 amide bonds. The molecule has 0 atom stereocenters. The average Bonchev–Trinajstić information content (AvgIpc) is 2.33. The van der Waals surface area contributed by atoms with Gasteiger partial charge in [0, 0.05) is 0 Å². The Morgan fingerprint density at radius 2 is 1.11 bits per heavy atom. The number of hydrogen-bond donors (Lipinski definition) is 0. The summed E-state index contributed by atoms with van der Waals surface area (Å²) in [5, 5.41) is 0. The van der Waals surface area contributed by atoms with Crippen molar-refractivity contribution in [2.24, 2.45) is 0 Å². The van der Waals surface area contributed by atoms with Gasteiger partial charge in [0.15, 0.2) is 0 Å². The first-order chi connectivity index (χ1) is 8.36. The fourth-order valence-electron chi connectivity index (χ4n) is 0.531. The Labute approximate surface area is 127 Å². The summed E-state index contributed by atoms with van der Waals surface area (Å²) in [6.07, 6.45) is 1.57. The highest BCUT2D eigenvalue weighted by Gasteiger charge is 2.11. The van der Waals surface area contributed by atoms with Gasteiger partial charge in [-0.1, -0.05) is 60.3 Å². The minimum atomic E-state index is -1.04. The van der Waals surface area contributed by atoms with E-state index >= 15 is 0 Å². The number of carbonyl (C=O) groups is 2. The van der Waals surface area contributed by atoms with Gasteiger partial charge >= 0.3 is 11.9 Å². The summed E-state index contributed by atoms with van der Waals surface area (Å²) >= 11 is 20.6. The van der Waals surface area contributed by atoms with Gasteiger partial charge in [-0.3, -0.25) is 0 Å². The smallest absolute Gasteiger partial charge is 0.339 e. The van der Waals surface area contributed by atoms with Crippen molar-refractivity contribution >= 4 is 58.3 Å². The van der Waals surface area contributed by atoms with E-state index in [9.17, 15) is 9.59 Å². The number of ether oxygens (including phenoxy) is 2. The third-order valence-electron chi connectivity index (χ3n) is 1.25. The monoisotopic (exact) mass is 340 g/mol. The van der Waals surface area contributed by atoms with Gasteiger partial charge in [0.2, 0.25) is 9.67 Å². The summed E-state index contributed by atoms with van der Waals surface area (Å²) in [6, 6.07) is 0. The Morgan fingerprint density at radius 1 is 0.833 bits per heavy atom. The molecule has 0 aliphatic rings. The van der Waals surface area contributed by atoms with Crippen LogP contribution in [0.25, 0.3) is 0 Å². The van der Waals surface area contributed by atoms with Crippen LogP contribution in [0, 0.1) is 0 Å². The minimum absolute atomic E-state index is 0.384. The van der Waals surface area contributed by atoms with E-state index in [-0.39, 0.29) is 0 Å². The van der Waals surface area contributed by atoms with Crippen LogP contribution in [0.2, 0.25) is 0 Å². The van der Waals surface area contributed by atoms with E-state index in [2.05, 4.69) is 9.47 Å². The van der Waals surface area contributed by atoms with Gasteiger partial charge in [0.05, 0.1) is 13.2 Å². The summed E-state index contributed by atoms with van der Waals surface area (Å²) < 4.78 is 9.10. The molecule has 0 radical (unpaired) electrons. The lowest BCUT2D eigenvalue weighted by Crippen LogP contribution is -2.12. The van der Waals surface area contributed by atoms with Crippen molar-refractivity contribution in [3.63, 3.8) is 0 Å². The summed E-state index contributed by atoms with van der Waals surface area (Å²) in [5.74, 6) is -1.14. The second-order valence-electron chi connectivity index (χ2n) is 2.94. The van der Waals surface area contributed by atoms with Gasteiger partial charge in [-0.25, -0.2) is 9.59 Å². The van der Waals surface area contributed by atoms with E-state index in [1.165, 1.54) is 0 Å². The molecule has 0 bridgehead atoms. The van der Waals surface area contributed by atoms with Gasteiger partial charge in [0.25, 0.3) is 0 Å². The van der Waals surface area contributed by atoms with Crippen LogP contribution in [0.5, 0.6) is 0 Å². The van der Waals surface area contributed by atoms with Crippen molar-refractivity contribution in [3.8, 4) is 0 Å². The molecule has 0 heterocycles. The molecule has 0 rings (SSSR count). The van der Waals surface area contributed by atoms with E-state index in [4.69, 9.17) is 46.4 Å². The largest absolute Gasteiger partial charge is 0.464 e. The number of carbonyl (C=O) groups excluding carboxylic acids is 2. The zero-order valence-corrected chi connectivity index (χ0v) is 13.2. The van der Waals surface area contributed by atoms with Crippen molar-refractivity contribution in [2.45, 2.75) is 36.4 Å². The average molecular weight is 342 g/mol. The van der Waals surface area contributed by atoms with E-state index in [1.54, 1.807) is 0 Å². The van der Waals surface area contributed by atoms with Crippen LogP contribution in [0.1, 0.15) is 26.7 Å². The topological polar surface area (TPSA) is 52.6 Å². The fourth-order valence-corrected chi connectivity index (χ4v) is 0.783. The first-order valence-corrected chi connectivity index (χ1v) is 7.00. The third-order valence-corrected chi connectivity index (χ3v) is 1.97. The molecule has 0 saturated carbocycles. The van der Waals surface area contributed by atoms with Crippen LogP contribution in [-0.2, 0) is 19.1 Å². The van der Waals surface area contributed by atoms with Gasteiger partial charge in [0.1, 0.15) is 0 Å². The van der Waals surface area contributed by atoms with Crippen molar-refractivity contribution in [2.75, 3.05) is 13.2 Å². The van der Waals surface area contributed by atoms with E-state index < -0.39 is 21.6 Å². The molecule has 0 aliphatic heterocycles. The predicted octanol–water partition coefficient (Wildman–Crippen LogP) is 3.49. The molecule has 0 fully saturated rings.